The minimum Gasteiger partial charge on any atom is -0.494 e. The van der Waals surface area contributed by atoms with Gasteiger partial charge < -0.3 is 20.5 Å². The molecule has 5 heteroatoms. The van der Waals surface area contributed by atoms with Gasteiger partial charge >= 0.3 is 0 Å². The molecule has 0 spiro atoms. The van der Waals surface area contributed by atoms with Crippen LogP contribution in [0.25, 0.3) is 0 Å². The van der Waals surface area contributed by atoms with Crippen molar-refractivity contribution in [3.8, 4) is 5.75 Å². The molecule has 3 N–H and O–H groups in total. The molecule has 20 heavy (non-hydrogen) atoms. The van der Waals surface area contributed by atoms with Crippen molar-refractivity contribution >= 4 is 5.96 Å². The molecule has 0 bridgehead atoms. The number of nitrogens with one attached hydrogen (secondary N) is 1. The molecule has 5 nitrogen and oxygen atoms in total. The van der Waals surface area contributed by atoms with Crippen LogP contribution in [0, 0.1) is 0 Å². The zero-order valence-corrected chi connectivity index (χ0v) is 12.6. The van der Waals surface area contributed by atoms with Gasteiger partial charge in [-0.1, -0.05) is 19.1 Å². The molecule has 112 valence electrons. The summed E-state index contributed by atoms with van der Waals surface area (Å²) in [4.78, 5) is 4.31. The van der Waals surface area contributed by atoms with Gasteiger partial charge in [0, 0.05) is 13.2 Å². The van der Waals surface area contributed by atoms with Crippen LogP contribution >= 0.6 is 0 Å². The molecule has 0 amide bonds. The number of hydrogen-bond donors (Lipinski definition) is 2. The highest BCUT2D eigenvalue weighted by Gasteiger charge is 2.02. The summed E-state index contributed by atoms with van der Waals surface area (Å²) in [5.74, 6) is 1.30. The van der Waals surface area contributed by atoms with Crippen LogP contribution in [-0.2, 0) is 11.3 Å². The normalized spacial score (nSPS) is 13.1. The largest absolute Gasteiger partial charge is 0.494 e. The van der Waals surface area contributed by atoms with Crippen molar-refractivity contribution in [1.82, 2.24) is 5.32 Å². The summed E-state index contributed by atoms with van der Waals surface area (Å²) < 4.78 is 10.6. The molecule has 0 saturated carbocycles. The molecule has 0 aromatic heterocycles. The van der Waals surface area contributed by atoms with Crippen molar-refractivity contribution in [3.63, 3.8) is 0 Å². The van der Waals surface area contributed by atoms with E-state index in [2.05, 4.69) is 17.2 Å². The molecule has 1 rings (SSSR count). The second-order valence-corrected chi connectivity index (χ2v) is 4.70. The van der Waals surface area contributed by atoms with E-state index in [9.17, 15) is 0 Å². The molecule has 1 aromatic rings. The molecule has 0 radical (unpaired) electrons. The minimum absolute atomic E-state index is 0.142. The minimum atomic E-state index is 0.142. The van der Waals surface area contributed by atoms with Gasteiger partial charge in [-0.2, -0.15) is 0 Å². The van der Waals surface area contributed by atoms with E-state index in [0.717, 1.165) is 24.3 Å². The predicted molar refractivity (Wildman–Crippen MR) is 82.0 cm³/mol. The lowest BCUT2D eigenvalue weighted by Crippen LogP contribution is -2.40. The van der Waals surface area contributed by atoms with Crippen LogP contribution < -0.4 is 15.8 Å². The second-order valence-electron chi connectivity index (χ2n) is 4.70. The quantitative estimate of drug-likeness (QED) is 0.563. The van der Waals surface area contributed by atoms with Crippen molar-refractivity contribution in [3.05, 3.63) is 29.8 Å². The first-order chi connectivity index (χ1) is 9.65. The standard InChI is InChI=1S/C15H25N3O2/c1-4-8-20-14-7-5-6-13(9-14)10-17-15(16)18-12(2)11-19-3/h5-7,9,12H,4,8,10-11H2,1-3H3,(H3,16,17,18). The molecular formula is C15H25N3O2. The molecule has 1 unspecified atom stereocenters. The van der Waals surface area contributed by atoms with Crippen molar-refractivity contribution in [2.75, 3.05) is 20.3 Å². The van der Waals surface area contributed by atoms with Crippen LogP contribution in [0.3, 0.4) is 0 Å². The zero-order valence-electron chi connectivity index (χ0n) is 12.6. The second kappa shape index (κ2) is 9.20. The third kappa shape index (κ3) is 6.43. The molecular weight excluding hydrogens is 254 g/mol. The smallest absolute Gasteiger partial charge is 0.189 e. The maximum atomic E-state index is 5.82. The van der Waals surface area contributed by atoms with Gasteiger partial charge in [0.05, 0.1) is 19.8 Å². The maximum Gasteiger partial charge on any atom is 0.189 e. The van der Waals surface area contributed by atoms with Crippen LogP contribution in [0.2, 0.25) is 0 Å². The molecule has 1 atom stereocenters. The van der Waals surface area contributed by atoms with Gasteiger partial charge in [0.15, 0.2) is 5.96 Å². The lowest BCUT2D eigenvalue weighted by molar-refractivity contribution is 0.179. The lowest BCUT2D eigenvalue weighted by Gasteiger charge is -2.13. The van der Waals surface area contributed by atoms with Crippen LogP contribution in [-0.4, -0.2) is 32.3 Å². The summed E-state index contributed by atoms with van der Waals surface area (Å²) in [6, 6.07) is 8.06. The molecule has 0 saturated heterocycles. The van der Waals surface area contributed by atoms with Crippen molar-refractivity contribution in [2.24, 2.45) is 10.7 Å². The summed E-state index contributed by atoms with van der Waals surface area (Å²) in [5.41, 5.74) is 6.90. The summed E-state index contributed by atoms with van der Waals surface area (Å²) in [5, 5.41) is 3.07. The summed E-state index contributed by atoms with van der Waals surface area (Å²) in [7, 11) is 1.66. The molecule has 1 aromatic carbocycles. The average molecular weight is 279 g/mol. The summed E-state index contributed by atoms with van der Waals surface area (Å²) in [6.45, 7) is 5.93. The van der Waals surface area contributed by atoms with E-state index in [-0.39, 0.29) is 6.04 Å². The number of guanidine groups is 1. The van der Waals surface area contributed by atoms with Gasteiger partial charge in [-0.3, -0.25) is 0 Å². The highest BCUT2D eigenvalue weighted by molar-refractivity contribution is 5.78. The Morgan fingerprint density at radius 3 is 2.95 bits per heavy atom. The Labute approximate surface area is 121 Å². The first-order valence-electron chi connectivity index (χ1n) is 6.92. The monoisotopic (exact) mass is 279 g/mol. The third-order valence-electron chi connectivity index (χ3n) is 2.61. The van der Waals surface area contributed by atoms with Crippen LogP contribution in [0.5, 0.6) is 5.75 Å². The predicted octanol–water partition coefficient (Wildman–Crippen LogP) is 1.91. The van der Waals surface area contributed by atoms with E-state index in [1.165, 1.54) is 0 Å². The van der Waals surface area contributed by atoms with E-state index < -0.39 is 0 Å². The zero-order chi connectivity index (χ0) is 14.8. The Kier molecular flexibility index (Phi) is 7.50. The Morgan fingerprint density at radius 2 is 2.25 bits per heavy atom. The van der Waals surface area contributed by atoms with Crippen molar-refractivity contribution in [1.29, 1.82) is 0 Å². The lowest BCUT2D eigenvalue weighted by atomic mass is 10.2. The average Bonchev–Trinajstić information content (AvgIpc) is 2.43. The highest BCUT2D eigenvalue weighted by Crippen LogP contribution is 2.14. The van der Waals surface area contributed by atoms with Crippen LogP contribution in [0.1, 0.15) is 25.8 Å². The molecule has 0 aliphatic rings. The van der Waals surface area contributed by atoms with E-state index in [1.807, 2.05) is 31.2 Å². The fourth-order valence-corrected chi connectivity index (χ4v) is 1.72. The van der Waals surface area contributed by atoms with Crippen molar-refractivity contribution < 1.29 is 9.47 Å². The van der Waals surface area contributed by atoms with E-state index in [4.69, 9.17) is 15.2 Å². The third-order valence-corrected chi connectivity index (χ3v) is 2.61. The number of ether oxygens (including phenoxy) is 2. The Hall–Kier alpha value is -1.75. The Bertz CT molecular complexity index is 421. The van der Waals surface area contributed by atoms with E-state index in [1.54, 1.807) is 7.11 Å². The molecule has 0 heterocycles. The Morgan fingerprint density at radius 1 is 1.45 bits per heavy atom. The first-order valence-corrected chi connectivity index (χ1v) is 6.92. The first kappa shape index (κ1) is 16.3. The summed E-state index contributed by atoms with van der Waals surface area (Å²) >= 11 is 0. The van der Waals surface area contributed by atoms with Gasteiger partial charge in [-0.05, 0) is 31.0 Å². The Balaban J connectivity index is 2.51. The number of rotatable bonds is 8. The van der Waals surface area contributed by atoms with E-state index >= 15 is 0 Å². The van der Waals surface area contributed by atoms with Crippen molar-refractivity contribution in [2.45, 2.75) is 32.9 Å². The number of hydrogen-bond acceptors (Lipinski definition) is 3. The SMILES string of the molecule is CCCOc1cccc(CN=C(N)NC(C)COC)c1. The van der Waals surface area contributed by atoms with Gasteiger partial charge in [0.25, 0.3) is 0 Å². The number of nitrogens with two attached hydrogens (primary N) is 1. The fraction of sp³-hybridized carbons (Fsp3) is 0.533. The van der Waals surface area contributed by atoms with Crippen LogP contribution in [0.15, 0.2) is 29.3 Å². The molecule has 0 fully saturated rings. The number of methoxy groups -OCH3 is 1. The fourth-order valence-electron chi connectivity index (χ4n) is 1.72. The van der Waals surface area contributed by atoms with Gasteiger partial charge in [0.2, 0.25) is 0 Å². The van der Waals surface area contributed by atoms with E-state index in [0.29, 0.717) is 19.1 Å². The number of nitrogens with zero attached hydrogens (tertiary/aromatic N) is 1. The topological polar surface area (TPSA) is 68.9 Å². The van der Waals surface area contributed by atoms with Crippen LogP contribution in [0.4, 0.5) is 0 Å². The van der Waals surface area contributed by atoms with Gasteiger partial charge in [-0.15, -0.1) is 0 Å². The van der Waals surface area contributed by atoms with Gasteiger partial charge in [-0.25, -0.2) is 4.99 Å². The van der Waals surface area contributed by atoms with Gasteiger partial charge in [0.1, 0.15) is 5.75 Å². The number of aliphatic imine (C=N–C) groups is 1. The highest BCUT2D eigenvalue weighted by atomic mass is 16.5. The maximum absolute atomic E-state index is 5.82. The number of benzene rings is 1. The molecule has 0 aliphatic carbocycles. The molecule has 0 aliphatic heterocycles. The summed E-state index contributed by atoms with van der Waals surface area (Å²) in [6.07, 6.45) is 0.997.